The first-order chi connectivity index (χ1) is 5.83. The smallest absolute Gasteiger partial charge is 0.0503 e. The summed E-state index contributed by atoms with van der Waals surface area (Å²) < 4.78 is 1.05. The summed E-state index contributed by atoms with van der Waals surface area (Å²) in [6.07, 6.45) is 3.09. The minimum absolute atomic E-state index is 1.03. The van der Waals surface area contributed by atoms with Gasteiger partial charge in [-0.1, -0.05) is 6.92 Å². The lowest BCUT2D eigenvalue weighted by Crippen LogP contribution is -1.86. The summed E-state index contributed by atoms with van der Waals surface area (Å²) in [5.74, 6) is 2.25. The fourth-order valence-corrected chi connectivity index (χ4v) is 1.86. The molecule has 0 N–H and O–H groups in total. The lowest BCUT2D eigenvalue weighted by atomic mass is 10.4. The Hall–Kier alpha value is -0.0200. The van der Waals surface area contributed by atoms with Crippen molar-refractivity contribution in [3.8, 4) is 0 Å². The zero-order chi connectivity index (χ0) is 8.81. The highest BCUT2D eigenvalue weighted by molar-refractivity contribution is 9.10. The third-order valence-corrected chi connectivity index (χ3v) is 3.05. The van der Waals surface area contributed by atoms with E-state index in [0.717, 1.165) is 15.9 Å². The van der Waals surface area contributed by atoms with E-state index in [1.807, 2.05) is 24.0 Å². The van der Waals surface area contributed by atoms with Crippen molar-refractivity contribution >= 4 is 27.7 Å². The van der Waals surface area contributed by atoms with Gasteiger partial charge in [-0.15, -0.1) is 0 Å². The Morgan fingerprint density at radius 3 is 2.92 bits per heavy atom. The number of nitrogens with zero attached hydrogens (tertiary/aromatic N) is 1. The Balaban J connectivity index is 2.37. The highest BCUT2D eigenvalue weighted by Crippen LogP contribution is 2.13. The lowest BCUT2D eigenvalue weighted by Gasteiger charge is -1.98. The molecule has 0 unspecified atom stereocenters. The molecule has 0 bridgehead atoms. The highest BCUT2D eigenvalue weighted by Gasteiger charge is 1.93. The van der Waals surface area contributed by atoms with Crippen molar-refractivity contribution in [2.75, 3.05) is 5.75 Å². The number of thioether (sulfide) groups is 1. The topological polar surface area (TPSA) is 12.9 Å². The maximum Gasteiger partial charge on any atom is 0.0503 e. The van der Waals surface area contributed by atoms with Crippen LogP contribution in [0.4, 0.5) is 0 Å². The minimum Gasteiger partial charge on any atom is -0.259 e. The Morgan fingerprint density at radius 1 is 1.50 bits per heavy atom. The van der Waals surface area contributed by atoms with E-state index in [0.29, 0.717) is 0 Å². The van der Waals surface area contributed by atoms with Crippen LogP contribution in [0.5, 0.6) is 0 Å². The molecule has 3 heteroatoms. The van der Waals surface area contributed by atoms with Crippen LogP contribution in [0.3, 0.4) is 0 Å². The van der Waals surface area contributed by atoms with Gasteiger partial charge < -0.3 is 0 Å². The van der Waals surface area contributed by atoms with Gasteiger partial charge in [-0.05, 0) is 40.2 Å². The van der Waals surface area contributed by atoms with E-state index in [-0.39, 0.29) is 0 Å². The van der Waals surface area contributed by atoms with Gasteiger partial charge in [0.15, 0.2) is 0 Å². The number of hydrogen-bond donors (Lipinski definition) is 0. The van der Waals surface area contributed by atoms with Crippen molar-refractivity contribution in [3.63, 3.8) is 0 Å². The molecule has 0 aliphatic carbocycles. The summed E-state index contributed by atoms with van der Waals surface area (Å²) >= 11 is 5.29. The molecule has 1 heterocycles. The van der Waals surface area contributed by atoms with Crippen molar-refractivity contribution in [3.05, 3.63) is 28.5 Å². The standard InChI is InChI=1S/C9H12BrNS/c1-2-5-12-7-9-4-3-8(10)6-11-9/h3-4,6H,2,5,7H2,1H3. The summed E-state index contributed by atoms with van der Waals surface area (Å²) in [5.41, 5.74) is 1.16. The van der Waals surface area contributed by atoms with Crippen molar-refractivity contribution in [2.24, 2.45) is 0 Å². The molecule has 1 aromatic rings. The van der Waals surface area contributed by atoms with Crippen LogP contribution < -0.4 is 0 Å². The van der Waals surface area contributed by atoms with Gasteiger partial charge in [0.2, 0.25) is 0 Å². The monoisotopic (exact) mass is 245 g/mol. The number of halogens is 1. The molecule has 1 nitrogen and oxygen atoms in total. The average molecular weight is 246 g/mol. The Labute approximate surface area is 86.1 Å². The molecular formula is C9H12BrNS. The van der Waals surface area contributed by atoms with Gasteiger partial charge in [-0.3, -0.25) is 4.98 Å². The lowest BCUT2D eigenvalue weighted by molar-refractivity contribution is 1.10. The summed E-state index contributed by atoms with van der Waals surface area (Å²) in [6.45, 7) is 2.20. The van der Waals surface area contributed by atoms with Gasteiger partial charge in [0.25, 0.3) is 0 Å². The fraction of sp³-hybridized carbons (Fsp3) is 0.444. The maximum atomic E-state index is 4.28. The normalized spacial score (nSPS) is 10.2. The summed E-state index contributed by atoms with van der Waals surface area (Å²) in [4.78, 5) is 4.28. The van der Waals surface area contributed by atoms with Crippen LogP contribution in [0.15, 0.2) is 22.8 Å². The molecule has 0 aromatic carbocycles. The number of hydrogen-bond acceptors (Lipinski definition) is 2. The predicted molar refractivity (Wildman–Crippen MR) is 58.4 cm³/mol. The molecule has 0 atom stereocenters. The van der Waals surface area contributed by atoms with E-state index in [2.05, 4.69) is 33.9 Å². The molecule has 0 aliphatic rings. The van der Waals surface area contributed by atoms with Crippen molar-refractivity contribution < 1.29 is 0 Å². The molecule has 0 amide bonds. The van der Waals surface area contributed by atoms with Crippen molar-refractivity contribution in [2.45, 2.75) is 19.1 Å². The first kappa shape index (κ1) is 10.1. The van der Waals surface area contributed by atoms with Gasteiger partial charge in [0.1, 0.15) is 0 Å². The average Bonchev–Trinajstić information content (AvgIpc) is 2.09. The first-order valence-corrected chi connectivity index (χ1v) is 5.96. The second-order valence-corrected chi connectivity index (χ2v) is 4.54. The molecule has 0 fully saturated rings. The Morgan fingerprint density at radius 2 is 2.33 bits per heavy atom. The van der Waals surface area contributed by atoms with Gasteiger partial charge in [0, 0.05) is 16.4 Å². The van der Waals surface area contributed by atoms with Crippen LogP contribution >= 0.6 is 27.7 Å². The first-order valence-electron chi connectivity index (χ1n) is 4.01. The zero-order valence-electron chi connectivity index (χ0n) is 7.09. The number of rotatable bonds is 4. The molecule has 0 radical (unpaired) electrons. The van der Waals surface area contributed by atoms with E-state index in [1.54, 1.807) is 0 Å². The molecule has 0 saturated carbocycles. The van der Waals surface area contributed by atoms with Gasteiger partial charge >= 0.3 is 0 Å². The number of aromatic nitrogens is 1. The third kappa shape index (κ3) is 3.59. The van der Waals surface area contributed by atoms with Crippen LogP contribution in [0, 0.1) is 0 Å². The molecule has 1 rings (SSSR count). The van der Waals surface area contributed by atoms with Crippen LogP contribution in [0.25, 0.3) is 0 Å². The molecule has 1 aromatic heterocycles. The van der Waals surface area contributed by atoms with Crippen LogP contribution in [0.2, 0.25) is 0 Å². The zero-order valence-corrected chi connectivity index (χ0v) is 9.49. The van der Waals surface area contributed by atoms with E-state index in [9.17, 15) is 0 Å². The van der Waals surface area contributed by atoms with Gasteiger partial charge in [-0.25, -0.2) is 0 Å². The predicted octanol–water partition coefficient (Wildman–Crippen LogP) is 3.49. The molecule has 0 saturated heterocycles. The number of pyridine rings is 1. The van der Waals surface area contributed by atoms with Gasteiger partial charge in [-0.2, -0.15) is 11.8 Å². The summed E-state index contributed by atoms with van der Waals surface area (Å²) in [6, 6.07) is 4.10. The third-order valence-electron chi connectivity index (χ3n) is 1.39. The highest BCUT2D eigenvalue weighted by atomic mass is 79.9. The molecular weight excluding hydrogens is 234 g/mol. The van der Waals surface area contributed by atoms with Crippen LogP contribution in [-0.2, 0) is 5.75 Å². The van der Waals surface area contributed by atoms with Crippen molar-refractivity contribution in [1.82, 2.24) is 4.98 Å². The maximum absolute atomic E-state index is 4.28. The Kier molecular flexibility index (Phi) is 4.69. The Bertz CT molecular complexity index is 222. The summed E-state index contributed by atoms with van der Waals surface area (Å²) in [7, 11) is 0. The fourth-order valence-electron chi connectivity index (χ4n) is 0.813. The molecule has 12 heavy (non-hydrogen) atoms. The van der Waals surface area contributed by atoms with E-state index in [4.69, 9.17) is 0 Å². The van der Waals surface area contributed by atoms with Crippen LogP contribution in [-0.4, -0.2) is 10.7 Å². The van der Waals surface area contributed by atoms with Crippen molar-refractivity contribution in [1.29, 1.82) is 0 Å². The second-order valence-electron chi connectivity index (χ2n) is 2.52. The van der Waals surface area contributed by atoms with Crippen LogP contribution in [0.1, 0.15) is 19.0 Å². The van der Waals surface area contributed by atoms with E-state index < -0.39 is 0 Å². The quantitative estimate of drug-likeness (QED) is 0.754. The van der Waals surface area contributed by atoms with Gasteiger partial charge in [0.05, 0.1) is 5.69 Å². The van der Waals surface area contributed by atoms with E-state index in [1.165, 1.54) is 12.2 Å². The SMILES string of the molecule is CCCSCc1ccc(Br)cn1. The minimum atomic E-state index is 1.03. The summed E-state index contributed by atoms with van der Waals surface area (Å²) in [5, 5.41) is 0. The van der Waals surface area contributed by atoms with E-state index >= 15 is 0 Å². The molecule has 0 spiro atoms. The second kappa shape index (κ2) is 5.60. The largest absolute Gasteiger partial charge is 0.259 e. The molecule has 0 aliphatic heterocycles. The molecule has 66 valence electrons.